The van der Waals surface area contributed by atoms with Gasteiger partial charge in [-0.3, -0.25) is 5.32 Å². The maximum absolute atomic E-state index is 14.2. The molecular formula is C20H21F2N5O4S. The summed E-state index contributed by atoms with van der Waals surface area (Å²) in [4.78, 5) is 27.7. The molecule has 3 aromatic rings. The number of amides is 2. The molecule has 2 aromatic heterocycles. The summed E-state index contributed by atoms with van der Waals surface area (Å²) in [5.74, 6) is -3.68. The number of carboxylic acid groups (broad SMARTS) is 1. The van der Waals surface area contributed by atoms with Crippen LogP contribution in [0.15, 0.2) is 30.9 Å². The Bertz CT molecular complexity index is 1090. The molecule has 0 atom stereocenters. The van der Waals surface area contributed by atoms with Gasteiger partial charge in [0.2, 0.25) is 5.88 Å². The number of urea groups is 1. The monoisotopic (exact) mass is 465 g/mol. The van der Waals surface area contributed by atoms with Crippen LogP contribution in [-0.4, -0.2) is 37.6 Å². The minimum absolute atomic E-state index is 0.0346. The summed E-state index contributed by atoms with van der Waals surface area (Å²) in [5, 5.41) is 14.5. The van der Waals surface area contributed by atoms with Crippen LogP contribution >= 0.6 is 11.5 Å². The van der Waals surface area contributed by atoms with Crippen molar-refractivity contribution in [1.29, 1.82) is 0 Å². The summed E-state index contributed by atoms with van der Waals surface area (Å²) in [6, 6.07) is 2.22. The minimum atomic E-state index is -1.38. The molecule has 170 valence electrons. The van der Waals surface area contributed by atoms with E-state index in [-0.39, 0.29) is 27.6 Å². The first kappa shape index (κ1) is 23.1. The van der Waals surface area contributed by atoms with Gasteiger partial charge in [-0.1, -0.05) is 19.1 Å². The number of hydrogen-bond donors (Lipinski definition) is 3. The first-order valence-corrected chi connectivity index (χ1v) is 10.5. The number of rotatable bonds is 10. The molecule has 0 saturated carbocycles. The van der Waals surface area contributed by atoms with Gasteiger partial charge in [0.05, 0.1) is 6.33 Å². The molecule has 0 saturated heterocycles. The van der Waals surface area contributed by atoms with Crippen LogP contribution in [0.1, 0.15) is 34.8 Å². The number of aromatic carboxylic acids is 1. The largest absolute Gasteiger partial charge is 0.477 e. The minimum Gasteiger partial charge on any atom is -0.477 e. The number of hydrogen-bond acceptors (Lipinski definition) is 6. The third kappa shape index (κ3) is 5.58. The number of carbonyl (C=O) groups excluding carboxylic acids is 1. The van der Waals surface area contributed by atoms with Gasteiger partial charge in [0.1, 0.15) is 11.6 Å². The molecule has 3 rings (SSSR count). The van der Waals surface area contributed by atoms with E-state index in [1.807, 2.05) is 4.57 Å². The second-order valence-corrected chi connectivity index (χ2v) is 7.46. The molecular weight excluding hydrogens is 444 g/mol. The van der Waals surface area contributed by atoms with Crippen LogP contribution in [0.5, 0.6) is 5.88 Å². The Hall–Kier alpha value is -3.54. The number of halogens is 2. The SMILES string of the molecule is CCc1ccc(COc2nsc(NC(=O)NCCCn3ccnc3)c2C(=O)O)c(F)c1F. The fourth-order valence-corrected chi connectivity index (χ4v) is 3.56. The van der Waals surface area contributed by atoms with E-state index in [9.17, 15) is 23.5 Å². The lowest BCUT2D eigenvalue weighted by Gasteiger charge is -2.09. The number of carbonyl (C=O) groups is 2. The van der Waals surface area contributed by atoms with Crippen LogP contribution in [-0.2, 0) is 19.6 Å². The van der Waals surface area contributed by atoms with Crippen LogP contribution in [0, 0.1) is 11.6 Å². The number of benzene rings is 1. The van der Waals surface area contributed by atoms with Gasteiger partial charge < -0.3 is 19.7 Å². The number of ether oxygens (including phenoxy) is 1. The molecule has 0 aliphatic rings. The maximum atomic E-state index is 14.2. The van der Waals surface area contributed by atoms with Crippen molar-refractivity contribution >= 4 is 28.5 Å². The number of nitrogens with zero attached hydrogens (tertiary/aromatic N) is 3. The zero-order chi connectivity index (χ0) is 23.1. The third-order valence-corrected chi connectivity index (χ3v) is 5.27. The van der Waals surface area contributed by atoms with Crippen molar-refractivity contribution in [2.75, 3.05) is 11.9 Å². The van der Waals surface area contributed by atoms with Crippen molar-refractivity contribution in [2.45, 2.75) is 32.9 Å². The number of aromatic nitrogens is 3. The van der Waals surface area contributed by atoms with E-state index in [2.05, 4.69) is 20.0 Å². The Kier molecular flexibility index (Phi) is 7.71. The molecule has 0 unspecified atom stereocenters. The van der Waals surface area contributed by atoms with Crippen LogP contribution in [0.25, 0.3) is 0 Å². The van der Waals surface area contributed by atoms with E-state index in [0.29, 0.717) is 37.5 Å². The second kappa shape index (κ2) is 10.7. The fraction of sp³-hybridized carbons (Fsp3) is 0.300. The van der Waals surface area contributed by atoms with Crippen LogP contribution < -0.4 is 15.4 Å². The Labute approximate surface area is 186 Å². The average Bonchev–Trinajstić information content (AvgIpc) is 3.42. The molecule has 3 N–H and O–H groups in total. The molecule has 1 aromatic carbocycles. The standard InChI is InChI=1S/C20H21F2N5O4S/c1-2-12-4-5-13(16(22)15(12)21)10-31-17-14(19(28)29)18(32-26-17)25-20(30)24-6-3-8-27-9-7-23-11-27/h4-5,7,9,11H,2-3,6,8,10H2,1H3,(H,28,29)(H2,24,25,30). The van der Waals surface area contributed by atoms with Gasteiger partial charge in [0.25, 0.3) is 0 Å². The van der Waals surface area contributed by atoms with E-state index in [4.69, 9.17) is 4.74 Å². The van der Waals surface area contributed by atoms with Crippen molar-refractivity contribution in [1.82, 2.24) is 19.2 Å². The highest BCUT2D eigenvalue weighted by atomic mass is 32.1. The highest BCUT2D eigenvalue weighted by Gasteiger charge is 2.24. The van der Waals surface area contributed by atoms with E-state index in [1.165, 1.54) is 12.1 Å². The molecule has 2 amide bonds. The predicted octanol–water partition coefficient (Wildman–Crippen LogP) is 3.67. The third-order valence-electron chi connectivity index (χ3n) is 4.53. The van der Waals surface area contributed by atoms with Crippen LogP contribution in [0.2, 0.25) is 0 Å². The van der Waals surface area contributed by atoms with E-state index in [1.54, 1.807) is 25.6 Å². The molecule has 0 radical (unpaired) electrons. The Balaban J connectivity index is 1.59. The van der Waals surface area contributed by atoms with Crippen LogP contribution in [0.4, 0.5) is 18.6 Å². The molecule has 0 fully saturated rings. The summed E-state index contributed by atoms with van der Waals surface area (Å²) >= 11 is 0.711. The highest BCUT2D eigenvalue weighted by Crippen LogP contribution is 2.31. The molecule has 0 aliphatic carbocycles. The molecule has 12 heteroatoms. The van der Waals surface area contributed by atoms with Gasteiger partial charge in [-0.25, -0.2) is 23.4 Å². The lowest BCUT2D eigenvalue weighted by atomic mass is 10.1. The summed E-state index contributed by atoms with van der Waals surface area (Å²) in [5.41, 5.74) is -0.211. The maximum Gasteiger partial charge on any atom is 0.344 e. The highest BCUT2D eigenvalue weighted by molar-refractivity contribution is 7.11. The van der Waals surface area contributed by atoms with Crippen molar-refractivity contribution in [3.05, 3.63) is 59.2 Å². The summed E-state index contributed by atoms with van der Waals surface area (Å²) < 4.78 is 39.2. The van der Waals surface area contributed by atoms with E-state index >= 15 is 0 Å². The summed E-state index contributed by atoms with van der Waals surface area (Å²) in [7, 11) is 0. The normalized spacial score (nSPS) is 10.7. The molecule has 0 spiro atoms. The van der Waals surface area contributed by atoms with Crippen LogP contribution in [0.3, 0.4) is 0 Å². The van der Waals surface area contributed by atoms with Gasteiger partial charge in [-0.05, 0) is 29.9 Å². The molecule has 9 nitrogen and oxygen atoms in total. The van der Waals surface area contributed by atoms with Gasteiger partial charge in [-0.2, -0.15) is 4.37 Å². The summed E-state index contributed by atoms with van der Waals surface area (Å²) in [6.07, 6.45) is 6.10. The summed E-state index contributed by atoms with van der Waals surface area (Å²) in [6.45, 7) is 2.30. The first-order valence-electron chi connectivity index (χ1n) is 9.72. The van der Waals surface area contributed by atoms with Gasteiger partial charge in [0, 0.05) is 31.0 Å². The Morgan fingerprint density at radius 2 is 2.00 bits per heavy atom. The fourth-order valence-electron chi connectivity index (χ4n) is 2.84. The lowest BCUT2D eigenvalue weighted by Crippen LogP contribution is -2.30. The number of imidazole rings is 1. The van der Waals surface area contributed by atoms with Gasteiger partial charge in [-0.15, -0.1) is 0 Å². The van der Waals surface area contributed by atoms with Crippen molar-refractivity contribution in [3.8, 4) is 5.88 Å². The smallest absolute Gasteiger partial charge is 0.344 e. The lowest BCUT2D eigenvalue weighted by molar-refractivity contribution is 0.0693. The van der Waals surface area contributed by atoms with Crippen molar-refractivity contribution < 1.29 is 28.2 Å². The Morgan fingerprint density at radius 1 is 1.25 bits per heavy atom. The van der Waals surface area contributed by atoms with E-state index < -0.39 is 30.2 Å². The first-order chi connectivity index (χ1) is 15.4. The topological polar surface area (TPSA) is 118 Å². The quantitative estimate of drug-likeness (QED) is 0.393. The molecule has 2 heterocycles. The zero-order valence-corrected chi connectivity index (χ0v) is 17.9. The van der Waals surface area contributed by atoms with Crippen molar-refractivity contribution in [2.24, 2.45) is 0 Å². The van der Waals surface area contributed by atoms with Gasteiger partial charge in [0.15, 0.2) is 17.2 Å². The number of anilines is 1. The van der Waals surface area contributed by atoms with Gasteiger partial charge >= 0.3 is 12.0 Å². The molecule has 0 aliphatic heterocycles. The molecule has 32 heavy (non-hydrogen) atoms. The molecule has 0 bridgehead atoms. The Morgan fingerprint density at radius 3 is 2.69 bits per heavy atom. The average molecular weight is 465 g/mol. The van der Waals surface area contributed by atoms with E-state index in [0.717, 1.165) is 0 Å². The number of aryl methyl sites for hydroxylation is 2. The number of nitrogens with one attached hydrogen (secondary N) is 2. The second-order valence-electron chi connectivity index (χ2n) is 6.69. The number of carboxylic acids is 1. The van der Waals surface area contributed by atoms with Crippen molar-refractivity contribution in [3.63, 3.8) is 0 Å². The zero-order valence-electron chi connectivity index (χ0n) is 17.1. The predicted molar refractivity (Wildman–Crippen MR) is 113 cm³/mol.